The van der Waals surface area contributed by atoms with Gasteiger partial charge in [0.05, 0.1) is 23.9 Å². The molecule has 0 saturated heterocycles. The summed E-state index contributed by atoms with van der Waals surface area (Å²) in [5.74, 6) is -0.0688. The van der Waals surface area contributed by atoms with Crippen LogP contribution in [0.15, 0.2) is 36.8 Å². The van der Waals surface area contributed by atoms with Crippen LogP contribution in [0.5, 0.6) is 0 Å². The van der Waals surface area contributed by atoms with Crippen molar-refractivity contribution in [1.82, 2.24) is 20.3 Å². The van der Waals surface area contributed by atoms with Gasteiger partial charge in [0.1, 0.15) is 0 Å². The third-order valence-corrected chi connectivity index (χ3v) is 2.97. The van der Waals surface area contributed by atoms with Crippen LogP contribution < -0.4 is 5.32 Å². The molecular weight excluding hydrogens is 252 g/mol. The van der Waals surface area contributed by atoms with Crippen molar-refractivity contribution in [2.24, 2.45) is 0 Å². The number of pyridine rings is 1. The van der Waals surface area contributed by atoms with Gasteiger partial charge in [-0.25, -0.2) is 0 Å². The molecule has 0 aromatic carbocycles. The molecule has 2 aromatic heterocycles. The number of carbonyl (C=O) groups excluding carboxylic acids is 1. The van der Waals surface area contributed by atoms with Crippen molar-refractivity contribution in [1.29, 1.82) is 0 Å². The van der Waals surface area contributed by atoms with Crippen molar-refractivity contribution in [3.8, 4) is 0 Å². The molecule has 0 bridgehead atoms. The van der Waals surface area contributed by atoms with Crippen LogP contribution >= 0.6 is 0 Å². The summed E-state index contributed by atoms with van der Waals surface area (Å²) in [6.45, 7) is 3.97. The van der Waals surface area contributed by atoms with E-state index in [1.807, 2.05) is 32.0 Å². The van der Waals surface area contributed by atoms with E-state index in [-0.39, 0.29) is 18.4 Å². The number of hydrogen-bond acceptors (Lipinski definition) is 4. The lowest BCUT2D eigenvalue weighted by molar-refractivity contribution is -0.121. The number of carbonyl (C=O) groups is 1. The highest BCUT2D eigenvalue weighted by Crippen LogP contribution is 2.14. The van der Waals surface area contributed by atoms with Crippen molar-refractivity contribution < 1.29 is 4.79 Å². The summed E-state index contributed by atoms with van der Waals surface area (Å²) in [5, 5.41) is 2.99. The standard InChI is InChI=1S/C15H18N4O/c1-3-13(14-6-4-5-11(2)18-14)19-15(20)9-12-10-16-7-8-17-12/h4-8,10,13H,3,9H2,1-2H3,(H,19,20)/t13-/m0/s1. The predicted molar refractivity (Wildman–Crippen MR) is 75.9 cm³/mol. The van der Waals surface area contributed by atoms with Crippen LogP contribution in [0.25, 0.3) is 0 Å². The molecule has 1 atom stereocenters. The lowest BCUT2D eigenvalue weighted by Crippen LogP contribution is -2.30. The first kappa shape index (κ1) is 14.1. The largest absolute Gasteiger partial charge is 0.347 e. The van der Waals surface area contributed by atoms with Gasteiger partial charge in [0, 0.05) is 24.3 Å². The molecule has 5 nitrogen and oxygen atoms in total. The molecule has 0 aliphatic rings. The van der Waals surface area contributed by atoms with Gasteiger partial charge in [0.25, 0.3) is 0 Å². The molecular formula is C15H18N4O. The van der Waals surface area contributed by atoms with Gasteiger partial charge in [0.2, 0.25) is 5.91 Å². The van der Waals surface area contributed by atoms with Crippen LogP contribution in [0, 0.1) is 6.92 Å². The van der Waals surface area contributed by atoms with Crippen LogP contribution in [0.4, 0.5) is 0 Å². The van der Waals surface area contributed by atoms with Crippen LogP contribution in [0.3, 0.4) is 0 Å². The average Bonchev–Trinajstić information content (AvgIpc) is 2.46. The first-order valence-electron chi connectivity index (χ1n) is 6.67. The summed E-state index contributed by atoms with van der Waals surface area (Å²) in [7, 11) is 0. The zero-order valence-electron chi connectivity index (χ0n) is 11.7. The molecule has 0 radical (unpaired) electrons. The Morgan fingerprint density at radius 3 is 2.85 bits per heavy atom. The second kappa shape index (κ2) is 6.75. The Morgan fingerprint density at radius 1 is 1.35 bits per heavy atom. The van der Waals surface area contributed by atoms with Crippen molar-refractivity contribution in [2.75, 3.05) is 0 Å². The van der Waals surface area contributed by atoms with E-state index in [9.17, 15) is 4.79 Å². The van der Waals surface area contributed by atoms with Crippen LogP contribution in [-0.2, 0) is 11.2 Å². The Labute approximate surface area is 118 Å². The van der Waals surface area contributed by atoms with Crippen molar-refractivity contribution in [2.45, 2.75) is 32.7 Å². The third-order valence-electron chi connectivity index (χ3n) is 2.97. The maximum absolute atomic E-state index is 12.0. The maximum atomic E-state index is 12.0. The Balaban J connectivity index is 2.01. The minimum Gasteiger partial charge on any atom is -0.347 e. The van der Waals surface area contributed by atoms with Gasteiger partial charge in [0.15, 0.2) is 0 Å². The van der Waals surface area contributed by atoms with E-state index in [1.54, 1.807) is 18.6 Å². The Bertz CT molecular complexity index is 571. The molecule has 0 saturated carbocycles. The summed E-state index contributed by atoms with van der Waals surface area (Å²) < 4.78 is 0. The first-order chi connectivity index (χ1) is 9.69. The average molecular weight is 270 g/mol. The van der Waals surface area contributed by atoms with Gasteiger partial charge < -0.3 is 5.32 Å². The molecule has 0 aliphatic heterocycles. The number of nitrogens with one attached hydrogen (secondary N) is 1. The quantitative estimate of drug-likeness (QED) is 0.902. The van der Waals surface area contributed by atoms with Crippen LogP contribution in [0.2, 0.25) is 0 Å². The molecule has 1 amide bonds. The summed E-state index contributed by atoms with van der Waals surface area (Å²) >= 11 is 0. The van der Waals surface area contributed by atoms with Crippen molar-refractivity contribution in [3.05, 3.63) is 53.9 Å². The SMILES string of the molecule is CC[C@H](NC(=O)Cc1cnccn1)c1cccc(C)n1. The Morgan fingerprint density at radius 2 is 2.20 bits per heavy atom. The molecule has 0 fully saturated rings. The van der Waals surface area contributed by atoms with E-state index >= 15 is 0 Å². The highest BCUT2D eigenvalue weighted by atomic mass is 16.1. The zero-order chi connectivity index (χ0) is 14.4. The van der Waals surface area contributed by atoms with E-state index in [0.29, 0.717) is 5.69 Å². The van der Waals surface area contributed by atoms with Crippen LogP contribution in [0.1, 0.15) is 36.5 Å². The second-order valence-corrected chi connectivity index (χ2v) is 4.61. The summed E-state index contributed by atoms with van der Waals surface area (Å²) in [6, 6.07) is 5.76. The normalized spacial score (nSPS) is 11.9. The molecule has 2 heterocycles. The monoisotopic (exact) mass is 270 g/mol. The second-order valence-electron chi connectivity index (χ2n) is 4.61. The number of aryl methyl sites for hydroxylation is 1. The van der Waals surface area contributed by atoms with E-state index in [4.69, 9.17) is 0 Å². The van der Waals surface area contributed by atoms with Crippen molar-refractivity contribution >= 4 is 5.91 Å². The summed E-state index contributed by atoms with van der Waals surface area (Å²) in [4.78, 5) is 24.5. The molecule has 0 unspecified atom stereocenters. The minimum atomic E-state index is -0.0703. The smallest absolute Gasteiger partial charge is 0.226 e. The molecule has 1 N–H and O–H groups in total. The lowest BCUT2D eigenvalue weighted by Gasteiger charge is -2.16. The Hall–Kier alpha value is -2.30. The van der Waals surface area contributed by atoms with Gasteiger partial charge >= 0.3 is 0 Å². The van der Waals surface area contributed by atoms with E-state index in [1.165, 1.54) is 0 Å². The summed E-state index contributed by atoms with van der Waals surface area (Å²) in [5.41, 5.74) is 2.50. The molecule has 0 spiro atoms. The van der Waals surface area contributed by atoms with Gasteiger partial charge in [-0.2, -0.15) is 0 Å². The van der Waals surface area contributed by atoms with E-state index in [2.05, 4.69) is 20.3 Å². The Kier molecular flexibility index (Phi) is 4.76. The van der Waals surface area contributed by atoms with Gasteiger partial charge in [-0.3, -0.25) is 19.7 Å². The number of amides is 1. The number of aromatic nitrogens is 3. The van der Waals surface area contributed by atoms with Crippen LogP contribution in [-0.4, -0.2) is 20.9 Å². The van der Waals surface area contributed by atoms with E-state index in [0.717, 1.165) is 17.8 Å². The molecule has 104 valence electrons. The first-order valence-corrected chi connectivity index (χ1v) is 6.67. The highest BCUT2D eigenvalue weighted by molar-refractivity contribution is 5.78. The fourth-order valence-corrected chi connectivity index (χ4v) is 1.97. The zero-order valence-corrected chi connectivity index (χ0v) is 11.7. The van der Waals surface area contributed by atoms with E-state index < -0.39 is 0 Å². The van der Waals surface area contributed by atoms with Gasteiger partial charge in [-0.1, -0.05) is 13.0 Å². The third kappa shape index (κ3) is 3.85. The molecule has 0 aliphatic carbocycles. The van der Waals surface area contributed by atoms with Crippen molar-refractivity contribution in [3.63, 3.8) is 0 Å². The fourth-order valence-electron chi connectivity index (χ4n) is 1.97. The van der Waals surface area contributed by atoms with Gasteiger partial charge in [-0.15, -0.1) is 0 Å². The topological polar surface area (TPSA) is 67.8 Å². The molecule has 2 aromatic rings. The summed E-state index contributed by atoms with van der Waals surface area (Å²) in [6.07, 6.45) is 5.80. The molecule has 2 rings (SSSR count). The molecule has 5 heteroatoms. The number of rotatable bonds is 5. The number of hydrogen-bond donors (Lipinski definition) is 1. The minimum absolute atomic E-state index is 0.0688. The number of nitrogens with zero attached hydrogens (tertiary/aromatic N) is 3. The molecule has 20 heavy (non-hydrogen) atoms. The maximum Gasteiger partial charge on any atom is 0.226 e. The van der Waals surface area contributed by atoms with Gasteiger partial charge in [-0.05, 0) is 25.5 Å². The predicted octanol–water partition coefficient (Wildman–Crippen LogP) is 1.99. The lowest BCUT2D eigenvalue weighted by atomic mass is 10.1. The fraction of sp³-hybridized carbons (Fsp3) is 0.333. The highest BCUT2D eigenvalue weighted by Gasteiger charge is 2.14.